The van der Waals surface area contributed by atoms with Gasteiger partial charge in [0.25, 0.3) is 0 Å². The topological polar surface area (TPSA) is 123 Å². The summed E-state index contributed by atoms with van der Waals surface area (Å²) in [4.78, 5) is 56.2. The van der Waals surface area contributed by atoms with E-state index in [1.165, 1.54) is 11.9 Å². The highest BCUT2D eigenvalue weighted by Gasteiger charge is 2.56. The van der Waals surface area contributed by atoms with Crippen molar-refractivity contribution in [2.45, 2.75) is 44.2 Å². The molecule has 40 heavy (non-hydrogen) atoms. The molecule has 1 spiro atoms. The van der Waals surface area contributed by atoms with Gasteiger partial charge in [0, 0.05) is 36.8 Å². The number of amides is 4. The van der Waals surface area contributed by atoms with Gasteiger partial charge in [-0.15, -0.1) is 0 Å². The number of carbonyl (C=O) groups excluding carboxylic acids is 4. The minimum Gasteiger partial charge on any atom is -0.325 e. The molecule has 3 aromatic rings. The summed E-state index contributed by atoms with van der Waals surface area (Å²) in [6, 6.07) is 20.6. The van der Waals surface area contributed by atoms with Crippen LogP contribution in [0, 0.1) is 17.2 Å². The number of likely N-dealkylation sites (N-methyl/N-ethyl adjacent to an activating group) is 1. The summed E-state index contributed by atoms with van der Waals surface area (Å²) in [7, 11) is 1.43. The van der Waals surface area contributed by atoms with Crippen molar-refractivity contribution in [1.82, 2.24) is 9.80 Å². The maximum Gasteiger partial charge on any atom is 0.313 e. The number of benzene rings is 3. The van der Waals surface area contributed by atoms with E-state index in [1.54, 1.807) is 18.2 Å². The molecule has 1 fully saturated rings. The Bertz CT molecular complexity index is 1560. The Morgan fingerprint density at radius 2 is 1.80 bits per heavy atom. The lowest BCUT2D eigenvalue weighted by Crippen LogP contribution is -2.53. The lowest BCUT2D eigenvalue weighted by atomic mass is 9.80. The number of carbonyl (C=O) groups is 4. The second kappa shape index (κ2) is 10.5. The number of likely N-dealkylation sites (tertiary alicyclic amines) is 1. The van der Waals surface area contributed by atoms with E-state index in [0.29, 0.717) is 11.4 Å². The largest absolute Gasteiger partial charge is 0.325 e. The fourth-order valence-corrected chi connectivity index (χ4v) is 5.86. The van der Waals surface area contributed by atoms with Crippen molar-refractivity contribution in [3.05, 3.63) is 72.3 Å². The van der Waals surface area contributed by atoms with Gasteiger partial charge in [0.1, 0.15) is 12.1 Å². The zero-order valence-corrected chi connectivity index (χ0v) is 22.7. The molecule has 0 unspecified atom stereocenters. The third-order valence-corrected chi connectivity index (χ3v) is 7.92. The summed E-state index contributed by atoms with van der Waals surface area (Å²) in [5.41, 5.74) is 0.890. The van der Waals surface area contributed by atoms with Crippen molar-refractivity contribution >= 4 is 45.8 Å². The molecule has 2 aliphatic rings. The number of hydrogen-bond acceptors (Lipinski definition) is 5. The van der Waals surface area contributed by atoms with E-state index in [9.17, 15) is 24.4 Å². The number of nitrogens with zero attached hydrogens (tertiary/aromatic N) is 3. The molecule has 0 aliphatic carbocycles. The third kappa shape index (κ3) is 4.56. The molecule has 3 atom stereocenters. The molecule has 4 amide bonds. The summed E-state index contributed by atoms with van der Waals surface area (Å²) in [6.07, 6.45) is 0.443. The maximum atomic E-state index is 14.0. The maximum absolute atomic E-state index is 14.0. The highest BCUT2D eigenvalue weighted by atomic mass is 16.2. The molecule has 0 radical (unpaired) electrons. The first kappa shape index (κ1) is 26.9. The van der Waals surface area contributed by atoms with Crippen molar-refractivity contribution in [1.29, 1.82) is 5.26 Å². The van der Waals surface area contributed by atoms with Gasteiger partial charge in [0.15, 0.2) is 0 Å². The van der Waals surface area contributed by atoms with Gasteiger partial charge < -0.3 is 20.4 Å². The molecular formula is C31H31N5O4. The van der Waals surface area contributed by atoms with Crippen LogP contribution in [0.2, 0.25) is 0 Å². The predicted octanol–water partition coefficient (Wildman–Crippen LogP) is 3.67. The van der Waals surface area contributed by atoms with Gasteiger partial charge in [-0.25, -0.2) is 0 Å². The van der Waals surface area contributed by atoms with Crippen LogP contribution in [0.25, 0.3) is 10.8 Å². The number of nitrogens with one attached hydrogen (secondary N) is 2. The summed E-state index contributed by atoms with van der Waals surface area (Å²) >= 11 is 0. The minimum absolute atomic E-state index is 0.0120. The van der Waals surface area contributed by atoms with Crippen molar-refractivity contribution in [2.24, 2.45) is 5.92 Å². The monoisotopic (exact) mass is 537 g/mol. The fourth-order valence-electron chi connectivity index (χ4n) is 5.86. The number of rotatable bonds is 5. The van der Waals surface area contributed by atoms with E-state index in [2.05, 4.69) is 16.7 Å². The Balaban J connectivity index is 1.40. The summed E-state index contributed by atoms with van der Waals surface area (Å²) < 4.78 is 0. The standard InChI is InChI=1S/C31H31N5O4/c1-19(2)15-26(35(3)29(39)27(37)33-24-14-8-10-20-9-4-5-11-22(20)24)28(38)36-18-31(16-21(36)17-32)23-12-6-7-13-25(23)34-30(31)40/h4-14,19,21,26H,15-16,18H2,1-3H3,(H,33,37)(H,34,40)/t21-,26-,31-/m0/s1. The second-order valence-corrected chi connectivity index (χ2v) is 10.9. The zero-order valence-electron chi connectivity index (χ0n) is 22.7. The molecule has 1 saturated heterocycles. The van der Waals surface area contributed by atoms with E-state index in [1.807, 2.05) is 62.4 Å². The number of hydrogen-bond donors (Lipinski definition) is 2. The van der Waals surface area contributed by atoms with Crippen LogP contribution in [0.5, 0.6) is 0 Å². The van der Waals surface area contributed by atoms with E-state index < -0.39 is 35.2 Å². The number of nitriles is 1. The molecule has 0 bridgehead atoms. The van der Waals surface area contributed by atoms with Crippen molar-refractivity contribution < 1.29 is 19.2 Å². The Morgan fingerprint density at radius 1 is 1.10 bits per heavy atom. The van der Waals surface area contributed by atoms with Crippen molar-refractivity contribution in [2.75, 3.05) is 24.2 Å². The van der Waals surface area contributed by atoms with Crippen molar-refractivity contribution in [3.63, 3.8) is 0 Å². The molecule has 204 valence electrons. The van der Waals surface area contributed by atoms with Gasteiger partial charge in [0.2, 0.25) is 11.8 Å². The van der Waals surface area contributed by atoms with Crippen LogP contribution >= 0.6 is 0 Å². The number of anilines is 2. The summed E-state index contributed by atoms with van der Waals surface area (Å²) in [5, 5.41) is 17.3. The van der Waals surface area contributed by atoms with Gasteiger partial charge in [0.05, 0.1) is 11.5 Å². The first-order valence-electron chi connectivity index (χ1n) is 13.3. The molecule has 0 saturated carbocycles. The van der Waals surface area contributed by atoms with Gasteiger partial charge in [-0.3, -0.25) is 19.2 Å². The molecule has 5 rings (SSSR count). The average molecular weight is 538 g/mol. The van der Waals surface area contributed by atoms with E-state index >= 15 is 0 Å². The van der Waals surface area contributed by atoms with Crippen LogP contribution in [0.1, 0.15) is 32.3 Å². The fraction of sp³-hybridized carbons (Fsp3) is 0.323. The Hall–Kier alpha value is -4.71. The molecular weight excluding hydrogens is 506 g/mol. The van der Waals surface area contributed by atoms with Crippen LogP contribution in [-0.4, -0.2) is 59.1 Å². The smallest absolute Gasteiger partial charge is 0.313 e. The highest BCUT2D eigenvalue weighted by Crippen LogP contribution is 2.46. The van der Waals surface area contributed by atoms with Gasteiger partial charge >= 0.3 is 11.8 Å². The SMILES string of the molecule is CC(C)C[C@@H](C(=O)N1C[C@]2(C[C@H]1C#N)C(=O)Nc1ccccc12)N(C)C(=O)C(=O)Nc1cccc2ccccc12. The third-order valence-electron chi connectivity index (χ3n) is 7.92. The quantitative estimate of drug-likeness (QED) is 0.481. The van der Waals surface area contributed by atoms with Crippen LogP contribution in [-0.2, 0) is 24.6 Å². The number of para-hydroxylation sites is 1. The second-order valence-electron chi connectivity index (χ2n) is 10.9. The predicted molar refractivity (Wildman–Crippen MR) is 151 cm³/mol. The van der Waals surface area contributed by atoms with E-state index in [0.717, 1.165) is 21.2 Å². The van der Waals surface area contributed by atoms with E-state index in [4.69, 9.17) is 0 Å². The van der Waals surface area contributed by atoms with Gasteiger partial charge in [-0.05, 0) is 35.4 Å². The Kier molecular flexibility index (Phi) is 7.03. The zero-order chi connectivity index (χ0) is 28.6. The molecule has 2 N–H and O–H groups in total. The molecule has 2 heterocycles. The summed E-state index contributed by atoms with van der Waals surface area (Å²) in [6.45, 7) is 3.86. The normalized spacial score (nSPS) is 20.2. The minimum atomic E-state index is -1.04. The Morgan fingerprint density at radius 3 is 2.55 bits per heavy atom. The molecule has 9 heteroatoms. The Labute approximate surface area is 232 Å². The molecule has 9 nitrogen and oxygen atoms in total. The van der Waals surface area contributed by atoms with Gasteiger partial charge in [-0.2, -0.15) is 5.26 Å². The van der Waals surface area contributed by atoms with Crippen LogP contribution in [0.15, 0.2) is 66.7 Å². The first-order chi connectivity index (χ1) is 19.2. The number of fused-ring (bicyclic) bond motifs is 3. The lowest BCUT2D eigenvalue weighted by Gasteiger charge is -2.33. The average Bonchev–Trinajstić information content (AvgIpc) is 3.48. The molecule has 2 aliphatic heterocycles. The lowest BCUT2D eigenvalue weighted by molar-refractivity contribution is -0.149. The highest BCUT2D eigenvalue weighted by molar-refractivity contribution is 6.40. The van der Waals surface area contributed by atoms with E-state index in [-0.39, 0.29) is 31.2 Å². The van der Waals surface area contributed by atoms with Crippen LogP contribution in [0.4, 0.5) is 11.4 Å². The van der Waals surface area contributed by atoms with Crippen LogP contribution in [0.3, 0.4) is 0 Å². The van der Waals surface area contributed by atoms with Crippen LogP contribution < -0.4 is 10.6 Å². The summed E-state index contributed by atoms with van der Waals surface area (Å²) in [5.74, 6) is -2.41. The molecule has 0 aromatic heterocycles. The van der Waals surface area contributed by atoms with Crippen molar-refractivity contribution in [3.8, 4) is 6.07 Å². The first-order valence-corrected chi connectivity index (χ1v) is 13.3. The molecule has 3 aromatic carbocycles. The van der Waals surface area contributed by atoms with Gasteiger partial charge in [-0.1, -0.05) is 68.4 Å².